The van der Waals surface area contributed by atoms with Crippen LogP contribution in [0.1, 0.15) is 22.3 Å². The lowest BCUT2D eigenvalue weighted by molar-refractivity contribution is -0.0957. The molecule has 0 spiro atoms. The number of benzene rings is 3. The van der Waals surface area contributed by atoms with Gasteiger partial charge < -0.3 is 18.9 Å². The van der Waals surface area contributed by atoms with Crippen LogP contribution in [0, 0.1) is 6.92 Å². The van der Waals surface area contributed by atoms with Gasteiger partial charge in [-0.2, -0.15) is 0 Å². The lowest BCUT2D eigenvalue weighted by Crippen LogP contribution is -2.39. The van der Waals surface area contributed by atoms with Gasteiger partial charge in [-0.15, -0.1) is 0 Å². The zero-order valence-corrected chi connectivity index (χ0v) is 19.0. The summed E-state index contributed by atoms with van der Waals surface area (Å²) in [5.74, 6) is 0. The smallest absolute Gasteiger partial charge is 0.137 e. The minimum Gasteiger partial charge on any atom is -0.374 e. The van der Waals surface area contributed by atoms with Crippen LogP contribution in [0.2, 0.25) is 0 Å². The van der Waals surface area contributed by atoms with Crippen molar-refractivity contribution in [3.63, 3.8) is 0 Å². The Balaban J connectivity index is 1.31. The summed E-state index contributed by atoms with van der Waals surface area (Å²) < 4.78 is 25.3. The molecule has 3 aromatic carbocycles. The fourth-order valence-electron chi connectivity index (χ4n) is 4.13. The summed E-state index contributed by atoms with van der Waals surface area (Å²) in [4.78, 5) is 1.16. The average Bonchev–Trinajstić information content (AvgIpc) is 3.12. The zero-order valence-electron chi connectivity index (χ0n) is 18.2. The largest absolute Gasteiger partial charge is 0.374 e. The first-order valence-electron chi connectivity index (χ1n) is 11.1. The van der Waals surface area contributed by atoms with Crippen LogP contribution in [0.15, 0.2) is 83.8 Å². The molecule has 32 heavy (non-hydrogen) atoms. The molecule has 2 heterocycles. The van der Waals surface area contributed by atoms with Crippen LogP contribution < -0.4 is 0 Å². The molecule has 5 heteroatoms. The van der Waals surface area contributed by atoms with Gasteiger partial charge in [-0.25, -0.2) is 0 Å². The number of hydrogen-bond donors (Lipinski definition) is 0. The van der Waals surface area contributed by atoms with Gasteiger partial charge in [0, 0.05) is 4.90 Å². The van der Waals surface area contributed by atoms with E-state index in [1.807, 2.05) is 30.3 Å². The molecule has 3 aromatic rings. The molecule has 5 rings (SSSR count). The third kappa shape index (κ3) is 5.08. The molecule has 1 fully saturated rings. The maximum absolute atomic E-state index is 6.48. The molecule has 0 amide bonds. The van der Waals surface area contributed by atoms with Crippen LogP contribution in [0.3, 0.4) is 0 Å². The van der Waals surface area contributed by atoms with Crippen molar-refractivity contribution >= 4 is 11.8 Å². The highest BCUT2D eigenvalue weighted by atomic mass is 32.2. The quantitative estimate of drug-likeness (QED) is 0.497. The number of ether oxygens (including phenoxy) is 4. The first-order valence-corrected chi connectivity index (χ1v) is 11.9. The molecule has 0 bridgehead atoms. The maximum atomic E-state index is 6.48. The van der Waals surface area contributed by atoms with Gasteiger partial charge in [0.15, 0.2) is 0 Å². The van der Waals surface area contributed by atoms with Crippen molar-refractivity contribution < 1.29 is 18.9 Å². The maximum Gasteiger partial charge on any atom is 0.137 e. The van der Waals surface area contributed by atoms with Crippen molar-refractivity contribution in [2.75, 3.05) is 6.61 Å². The Morgan fingerprint density at radius 3 is 2.19 bits per heavy atom. The van der Waals surface area contributed by atoms with E-state index >= 15 is 0 Å². The predicted molar refractivity (Wildman–Crippen MR) is 125 cm³/mol. The first kappa shape index (κ1) is 21.7. The minimum absolute atomic E-state index is 0.154. The van der Waals surface area contributed by atoms with Gasteiger partial charge in [0.05, 0.1) is 26.4 Å². The molecule has 0 N–H and O–H groups in total. The van der Waals surface area contributed by atoms with E-state index in [9.17, 15) is 0 Å². The summed E-state index contributed by atoms with van der Waals surface area (Å²) in [6, 6.07) is 27.0. The second-order valence-corrected chi connectivity index (χ2v) is 9.47. The van der Waals surface area contributed by atoms with Crippen molar-refractivity contribution in [2.24, 2.45) is 0 Å². The summed E-state index contributed by atoms with van der Waals surface area (Å²) >= 11 is 1.69. The molecular formula is C27H28O4S. The lowest BCUT2D eigenvalue weighted by Gasteiger charge is -2.28. The molecule has 0 saturated carbocycles. The van der Waals surface area contributed by atoms with Crippen LogP contribution >= 0.6 is 11.8 Å². The lowest BCUT2D eigenvalue weighted by atomic mass is 10.1. The van der Waals surface area contributed by atoms with E-state index in [2.05, 4.69) is 55.5 Å². The standard InChI is InChI=1S/C27H28O4S/c1-19-11-13-23(14-12-19)32-27-26-25(29-16-21-9-5-6-10-22(21)17-30-26)24(31-27)18-28-15-20-7-3-2-4-8-20/h2-14,24-27H,15-18H2,1H3/t24-,25-,26+,27-/m1/s1. The zero-order chi connectivity index (χ0) is 21.8. The fraction of sp³-hybridized carbons (Fsp3) is 0.333. The van der Waals surface area contributed by atoms with E-state index in [0.29, 0.717) is 26.4 Å². The van der Waals surface area contributed by atoms with Crippen LogP contribution in [-0.2, 0) is 38.8 Å². The summed E-state index contributed by atoms with van der Waals surface area (Å²) in [5, 5.41) is 0. The fourth-order valence-corrected chi connectivity index (χ4v) is 5.25. The molecule has 0 radical (unpaired) electrons. The highest BCUT2D eigenvalue weighted by Crippen LogP contribution is 2.39. The molecule has 1 saturated heterocycles. The summed E-state index contributed by atoms with van der Waals surface area (Å²) in [6.07, 6.45) is -0.529. The van der Waals surface area contributed by atoms with Crippen molar-refractivity contribution in [3.8, 4) is 0 Å². The van der Waals surface area contributed by atoms with Gasteiger partial charge in [0.25, 0.3) is 0 Å². The molecule has 0 aliphatic carbocycles. The number of fused-ring (bicyclic) bond motifs is 2. The number of thioether (sulfide) groups is 1. The van der Waals surface area contributed by atoms with Crippen molar-refractivity contribution in [3.05, 3.63) is 101 Å². The molecule has 166 valence electrons. The van der Waals surface area contributed by atoms with Gasteiger partial charge in [-0.1, -0.05) is 84.1 Å². The molecule has 0 unspecified atom stereocenters. The van der Waals surface area contributed by atoms with E-state index in [1.54, 1.807) is 11.8 Å². The Morgan fingerprint density at radius 2 is 1.47 bits per heavy atom. The van der Waals surface area contributed by atoms with Gasteiger partial charge >= 0.3 is 0 Å². The Labute approximate surface area is 193 Å². The Hall–Kier alpha value is -2.15. The first-order chi connectivity index (χ1) is 15.8. The summed E-state index contributed by atoms with van der Waals surface area (Å²) in [5.41, 5.74) is 4.59. The summed E-state index contributed by atoms with van der Waals surface area (Å²) in [7, 11) is 0. The van der Waals surface area contributed by atoms with E-state index in [-0.39, 0.29) is 23.7 Å². The molecular weight excluding hydrogens is 420 g/mol. The van der Waals surface area contributed by atoms with Crippen LogP contribution in [0.5, 0.6) is 0 Å². The normalized spacial score (nSPS) is 24.9. The van der Waals surface area contributed by atoms with Crippen molar-refractivity contribution in [1.29, 1.82) is 0 Å². The van der Waals surface area contributed by atoms with Crippen molar-refractivity contribution in [2.45, 2.75) is 55.4 Å². The monoisotopic (exact) mass is 448 g/mol. The second-order valence-electron chi connectivity index (χ2n) is 8.29. The van der Waals surface area contributed by atoms with Gasteiger partial charge in [0.1, 0.15) is 23.7 Å². The highest BCUT2D eigenvalue weighted by Gasteiger charge is 2.47. The van der Waals surface area contributed by atoms with E-state index in [4.69, 9.17) is 18.9 Å². The molecule has 2 aliphatic heterocycles. The molecule has 4 nitrogen and oxygen atoms in total. The number of aryl methyl sites for hydroxylation is 1. The molecule has 0 aromatic heterocycles. The van der Waals surface area contributed by atoms with Crippen LogP contribution in [-0.4, -0.2) is 30.4 Å². The molecule has 4 atom stereocenters. The van der Waals surface area contributed by atoms with E-state index < -0.39 is 0 Å². The number of rotatable bonds is 6. The minimum atomic E-state index is -0.183. The van der Waals surface area contributed by atoms with Gasteiger partial charge in [0.2, 0.25) is 0 Å². The number of hydrogen-bond acceptors (Lipinski definition) is 5. The summed E-state index contributed by atoms with van der Waals surface area (Å²) in [6.45, 7) is 4.23. The Kier molecular flexibility index (Phi) is 6.91. The third-order valence-electron chi connectivity index (χ3n) is 5.92. The van der Waals surface area contributed by atoms with E-state index in [0.717, 1.165) is 10.5 Å². The van der Waals surface area contributed by atoms with Crippen LogP contribution in [0.4, 0.5) is 0 Å². The topological polar surface area (TPSA) is 36.9 Å². The average molecular weight is 449 g/mol. The van der Waals surface area contributed by atoms with Gasteiger partial charge in [-0.3, -0.25) is 0 Å². The SMILES string of the molecule is Cc1ccc(S[C@H]2O[C@H](COCc3ccccc3)[C@H]3OCc4ccccc4CO[C@@H]32)cc1. The van der Waals surface area contributed by atoms with E-state index in [1.165, 1.54) is 16.7 Å². The second kappa shape index (κ2) is 10.2. The van der Waals surface area contributed by atoms with Gasteiger partial charge in [-0.05, 0) is 35.7 Å². The third-order valence-corrected chi connectivity index (χ3v) is 7.07. The van der Waals surface area contributed by atoms with Crippen LogP contribution in [0.25, 0.3) is 0 Å². The van der Waals surface area contributed by atoms with Crippen molar-refractivity contribution in [1.82, 2.24) is 0 Å². The molecule has 2 aliphatic rings. The Morgan fingerprint density at radius 1 is 0.812 bits per heavy atom. The highest BCUT2D eigenvalue weighted by molar-refractivity contribution is 7.99. The predicted octanol–water partition coefficient (Wildman–Crippen LogP) is 5.51. The Bertz CT molecular complexity index is 1010.